The third-order valence-electron chi connectivity index (χ3n) is 3.65. The first-order valence-electron chi connectivity index (χ1n) is 6.30. The fourth-order valence-electron chi connectivity index (χ4n) is 1.83. The van der Waals surface area contributed by atoms with Gasteiger partial charge in [0.15, 0.2) is 0 Å². The van der Waals surface area contributed by atoms with Crippen LogP contribution in [0.1, 0.15) is 33.1 Å². The van der Waals surface area contributed by atoms with Crippen LogP contribution in [0.2, 0.25) is 0 Å². The molecule has 3 nitrogen and oxygen atoms in total. The molecule has 1 aliphatic heterocycles. The van der Waals surface area contributed by atoms with Crippen LogP contribution < -0.4 is 0 Å². The Morgan fingerprint density at radius 2 is 1.94 bits per heavy atom. The molecule has 0 aromatic heterocycles. The molecule has 1 heterocycles. The van der Waals surface area contributed by atoms with Crippen LogP contribution in [0, 0.1) is 5.41 Å². The Kier molecular flexibility index (Phi) is 6.41. The van der Waals surface area contributed by atoms with E-state index in [-0.39, 0.29) is 11.0 Å². The molecule has 17 heavy (non-hydrogen) atoms. The van der Waals surface area contributed by atoms with Crippen molar-refractivity contribution >= 4 is 15.9 Å². The summed E-state index contributed by atoms with van der Waals surface area (Å²) in [5, 5.41) is 0.997. The summed E-state index contributed by atoms with van der Waals surface area (Å²) < 4.78 is 16.6. The van der Waals surface area contributed by atoms with Gasteiger partial charge < -0.3 is 14.2 Å². The van der Waals surface area contributed by atoms with E-state index in [1.54, 1.807) is 7.11 Å². The van der Waals surface area contributed by atoms with Gasteiger partial charge in [0.1, 0.15) is 0 Å². The molecular weight excluding hydrogens is 284 g/mol. The van der Waals surface area contributed by atoms with Gasteiger partial charge in [-0.1, -0.05) is 15.9 Å². The van der Waals surface area contributed by atoms with E-state index in [1.165, 1.54) is 0 Å². The molecule has 0 aromatic rings. The highest BCUT2D eigenvalue weighted by Crippen LogP contribution is 2.32. The molecule has 0 bridgehead atoms. The zero-order valence-corrected chi connectivity index (χ0v) is 12.8. The third-order valence-corrected chi connectivity index (χ3v) is 4.84. The van der Waals surface area contributed by atoms with Gasteiger partial charge in [0.05, 0.1) is 12.2 Å². The molecule has 4 heteroatoms. The number of ether oxygens (including phenoxy) is 3. The molecule has 0 N–H and O–H groups in total. The molecule has 0 aliphatic carbocycles. The van der Waals surface area contributed by atoms with Gasteiger partial charge in [-0.25, -0.2) is 0 Å². The molecule has 0 radical (unpaired) electrons. The largest absolute Gasteiger partial charge is 0.381 e. The summed E-state index contributed by atoms with van der Waals surface area (Å²) in [4.78, 5) is 0. The lowest BCUT2D eigenvalue weighted by atomic mass is 9.83. The van der Waals surface area contributed by atoms with Gasteiger partial charge in [-0.2, -0.15) is 0 Å². The van der Waals surface area contributed by atoms with Gasteiger partial charge in [0, 0.05) is 37.7 Å². The van der Waals surface area contributed by atoms with Crippen molar-refractivity contribution in [2.75, 3.05) is 38.9 Å². The minimum Gasteiger partial charge on any atom is -0.381 e. The van der Waals surface area contributed by atoms with E-state index in [4.69, 9.17) is 14.2 Å². The Balaban J connectivity index is 2.24. The van der Waals surface area contributed by atoms with Crippen molar-refractivity contribution in [3.63, 3.8) is 0 Å². The van der Waals surface area contributed by atoms with Crippen molar-refractivity contribution in [2.24, 2.45) is 5.41 Å². The minimum atomic E-state index is -0.0861. The summed E-state index contributed by atoms with van der Waals surface area (Å²) in [7, 11) is 1.75. The van der Waals surface area contributed by atoms with Gasteiger partial charge >= 0.3 is 0 Å². The topological polar surface area (TPSA) is 27.7 Å². The molecule has 0 unspecified atom stereocenters. The normalized spacial score (nSPS) is 20.5. The van der Waals surface area contributed by atoms with Crippen LogP contribution in [0.15, 0.2) is 0 Å². The molecule has 0 amide bonds. The summed E-state index contributed by atoms with van der Waals surface area (Å²) in [5.41, 5.74) is 0.187. The number of hydrogen-bond acceptors (Lipinski definition) is 3. The van der Waals surface area contributed by atoms with E-state index in [0.717, 1.165) is 51.0 Å². The Labute approximate surface area is 113 Å². The van der Waals surface area contributed by atoms with Crippen molar-refractivity contribution in [2.45, 2.75) is 38.7 Å². The maximum atomic E-state index is 5.84. The highest BCUT2D eigenvalue weighted by Gasteiger charge is 2.32. The third kappa shape index (κ3) is 5.25. The summed E-state index contributed by atoms with van der Waals surface area (Å²) in [5.74, 6) is 0. The molecule has 0 atom stereocenters. The molecule has 0 spiro atoms. The molecule has 1 fully saturated rings. The number of alkyl halides is 1. The minimum absolute atomic E-state index is 0.0861. The fraction of sp³-hybridized carbons (Fsp3) is 1.00. The Morgan fingerprint density at radius 3 is 2.47 bits per heavy atom. The van der Waals surface area contributed by atoms with Crippen molar-refractivity contribution in [1.29, 1.82) is 0 Å². The first kappa shape index (κ1) is 15.4. The van der Waals surface area contributed by atoms with Crippen LogP contribution in [-0.2, 0) is 14.2 Å². The number of methoxy groups -OCH3 is 1. The zero-order chi connectivity index (χ0) is 12.8. The monoisotopic (exact) mass is 308 g/mol. The second-order valence-electron chi connectivity index (χ2n) is 5.51. The van der Waals surface area contributed by atoms with Crippen LogP contribution >= 0.6 is 15.9 Å². The van der Waals surface area contributed by atoms with Gasteiger partial charge in [-0.05, 0) is 33.1 Å². The quantitative estimate of drug-likeness (QED) is 0.534. The van der Waals surface area contributed by atoms with Gasteiger partial charge in [0.25, 0.3) is 0 Å². The van der Waals surface area contributed by atoms with Crippen molar-refractivity contribution in [3.8, 4) is 0 Å². The van der Waals surface area contributed by atoms with Crippen molar-refractivity contribution < 1.29 is 14.2 Å². The fourth-order valence-corrected chi connectivity index (χ4v) is 2.55. The van der Waals surface area contributed by atoms with E-state index >= 15 is 0 Å². The van der Waals surface area contributed by atoms with Crippen LogP contribution in [0.4, 0.5) is 0 Å². The first-order valence-corrected chi connectivity index (χ1v) is 7.42. The summed E-state index contributed by atoms with van der Waals surface area (Å²) in [6, 6.07) is 0. The molecule has 0 aromatic carbocycles. The van der Waals surface area contributed by atoms with Crippen LogP contribution in [0.3, 0.4) is 0 Å². The first-order chi connectivity index (χ1) is 8.04. The smallest absolute Gasteiger partial charge is 0.0644 e. The molecule has 1 aliphatic rings. The maximum absolute atomic E-state index is 5.84. The van der Waals surface area contributed by atoms with E-state index in [1.807, 2.05) is 0 Å². The molecule has 102 valence electrons. The van der Waals surface area contributed by atoms with Crippen LogP contribution in [-0.4, -0.2) is 44.5 Å². The number of rotatable bonds is 7. The predicted octanol–water partition coefficient (Wildman–Crippen LogP) is 3.01. The Hall–Kier alpha value is 0.360. The van der Waals surface area contributed by atoms with Crippen LogP contribution in [0.25, 0.3) is 0 Å². The standard InChI is InChI=1S/C13H25BrO3/c1-12(2,15-3)4-7-17-11-13(10-14)5-8-16-9-6-13/h4-11H2,1-3H3. The van der Waals surface area contributed by atoms with Gasteiger partial charge in [-0.15, -0.1) is 0 Å². The van der Waals surface area contributed by atoms with Crippen LogP contribution in [0.5, 0.6) is 0 Å². The summed E-state index contributed by atoms with van der Waals surface area (Å²) in [6.07, 6.45) is 3.11. The van der Waals surface area contributed by atoms with Gasteiger partial charge in [0.2, 0.25) is 0 Å². The molecule has 1 rings (SSSR count). The van der Waals surface area contributed by atoms with Crippen molar-refractivity contribution in [1.82, 2.24) is 0 Å². The summed E-state index contributed by atoms with van der Waals surface area (Å²) >= 11 is 3.61. The Bertz CT molecular complexity index is 213. The predicted molar refractivity (Wildman–Crippen MR) is 72.8 cm³/mol. The molecule has 0 saturated carbocycles. The summed E-state index contributed by atoms with van der Waals surface area (Å²) in [6.45, 7) is 7.48. The average molecular weight is 309 g/mol. The highest BCUT2D eigenvalue weighted by atomic mass is 79.9. The molecule has 1 saturated heterocycles. The second-order valence-corrected chi connectivity index (χ2v) is 6.07. The van der Waals surface area contributed by atoms with E-state index < -0.39 is 0 Å². The highest BCUT2D eigenvalue weighted by molar-refractivity contribution is 9.09. The van der Waals surface area contributed by atoms with Gasteiger partial charge in [-0.3, -0.25) is 0 Å². The number of halogens is 1. The second kappa shape index (κ2) is 7.07. The average Bonchev–Trinajstić information content (AvgIpc) is 2.36. The van der Waals surface area contributed by atoms with E-state index in [0.29, 0.717) is 0 Å². The zero-order valence-electron chi connectivity index (χ0n) is 11.3. The van der Waals surface area contributed by atoms with E-state index in [2.05, 4.69) is 29.8 Å². The van der Waals surface area contributed by atoms with Crippen molar-refractivity contribution in [3.05, 3.63) is 0 Å². The molecular formula is C13H25BrO3. The lowest BCUT2D eigenvalue weighted by Crippen LogP contribution is -2.36. The SMILES string of the molecule is COC(C)(C)CCOCC1(CBr)CCOCC1. The maximum Gasteiger partial charge on any atom is 0.0644 e. The lowest BCUT2D eigenvalue weighted by molar-refractivity contribution is -0.0479. The lowest BCUT2D eigenvalue weighted by Gasteiger charge is -2.35. The van der Waals surface area contributed by atoms with E-state index in [9.17, 15) is 0 Å². The number of hydrogen-bond donors (Lipinski definition) is 0. The Morgan fingerprint density at radius 1 is 1.29 bits per heavy atom.